The lowest BCUT2D eigenvalue weighted by Crippen LogP contribution is -2.54. The number of nitrogens with one attached hydrogen (secondary N) is 1. The van der Waals surface area contributed by atoms with Crippen molar-refractivity contribution in [3.8, 4) is 11.5 Å². The van der Waals surface area contributed by atoms with E-state index in [-0.39, 0.29) is 32.0 Å². The van der Waals surface area contributed by atoms with Gasteiger partial charge in [0.05, 0.1) is 23.3 Å². The van der Waals surface area contributed by atoms with Crippen LogP contribution in [0, 0.1) is 3.57 Å². The van der Waals surface area contributed by atoms with Crippen molar-refractivity contribution in [3.05, 3.63) is 68.8 Å². The largest absolute Gasteiger partial charge is 0.493 e. The van der Waals surface area contributed by atoms with Crippen molar-refractivity contribution in [1.82, 2.24) is 10.2 Å². The molecule has 0 spiro atoms. The van der Waals surface area contributed by atoms with E-state index < -0.39 is 24.2 Å². The fourth-order valence-electron chi connectivity index (χ4n) is 4.08. The molecule has 0 fully saturated rings. The number of hydrogen-bond acceptors (Lipinski definition) is 7. The highest BCUT2D eigenvalue weighted by molar-refractivity contribution is 14.1. The predicted molar refractivity (Wildman–Crippen MR) is 141 cm³/mol. The summed E-state index contributed by atoms with van der Waals surface area (Å²) in [6.07, 6.45) is 0.151. The number of amides is 2. The topological polar surface area (TPSA) is 125 Å². The normalized spacial score (nSPS) is 19.1. The Bertz CT molecular complexity index is 1120. The van der Waals surface area contributed by atoms with E-state index in [4.69, 9.17) is 14.6 Å². The number of hydrogen-bond donors (Lipinski definition) is 3. The van der Waals surface area contributed by atoms with E-state index in [0.717, 1.165) is 5.56 Å². The second kappa shape index (κ2) is 12.8. The van der Waals surface area contributed by atoms with Crippen LogP contribution in [0.4, 0.5) is 0 Å². The van der Waals surface area contributed by atoms with Crippen molar-refractivity contribution in [1.29, 1.82) is 0 Å². The number of benzene rings is 2. The first-order chi connectivity index (χ1) is 17.3. The zero-order valence-corrected chi connectivity index (χ0v) is 22.2. The van der Waals surface area contributed by atoms with Crippen molar-refractivity contribution < 1.29 is 34.1 Å². The van der Waals surface area contributed by atoms with E-state index in [1.807, 2.05) is 52.9 Å². The average molecular weight is 608 g/mol. The Labute approximate surface area is 223 Å². The summed E-state index contributed by atoms with van der Waals surface area (Å²) >= 11 is 2.01. The number of nitrogens with zero attached hydrogens (tertiary/aromatic N) is 1. The van der Waals surface area contributed by atoms with Gasteiger partial charge in [0.1, 0.15) is 18.5 Å². The Hall–Kier alpha value is -2.96. The van der Waals surface area contributed by atoms with Crippen LogP contribution in [-0.4, -0.2) is 71.7 Å². The number of aldehydes is 1. The van der Waals surface area contributed by atoms with Crippen LogP contribution in [0.5, 0.6) is 11.5 Å². The molecule has 0 heterocycles. The molecular weight excluding hydrogens is 579 g/mol. The summed E-state index contributed by atoms with van der Waals surface area (Å²) in [6.45, 7) is 1.50. The summed E-state index contributed by atoms with van der Waals surface area (Å²) in [7, 11) is 1.44. The van der Waals surface area contributed by atoms with Crippen LogP contribution >= 0.6 is 22.6 Å². The molecule has 192 valence electrons. The SMILES string of the molecule is COc1cc(C=O)cc(I)c1O[C@H]1C=C(C(=O)NCCO)C[C@@H](N(Cc2ccccc2)C(C)=O)[C@@H]1O. The number of aliphatic hydroxyl groups excluding tert-OH is 2. The van der Waals surface area contributed by atoms with Gasteiger partial charge in [-0.25, -0.2) is 0 Å². The molecule has 0 aromatic heterocycles. The first-order valence-corrected chi connectivity index (χ1v) is 12.4. The zero-order valence-electron chi connectivity index (χ0n) is 20.0. The Morgan fingerprint density at radius 1 is 1.25 bits per heavy atom. The van der Waals surface area contributed by atoms with Gasteiger partial charge in [-0.15, -0.1) is 0 Å². The minimum Gasteiger partial charge on any atom is -0.493 e. The van der Waals surface area contributed by atoms with Crippen LogP contribution in [0.15, 0.2) is 54.1 Å². The highest BCUT2D eigenvalue weighted by atomic mass is 127. The molecule has 1 aliphatic rings. The van der Waals surface area contributed by atoms with Gasteiger partial charge in [-0.2, -0.15) is 0 Å². The number of aliphatic hydroxyl groups is 2. The lowest BCUT2D eigenvalue weighted by Gasteiger charge is -2.40. The molecule has 2 amide bonds. The van der Waals surface area contributed by atoms with Crippen molar-refractivity contribution in [2.24, 2.45) is 0 Å². The summed E-state index contributed by atoms with van der Waals surface area (Å²) < 4.78 is 12.2. The fraction of sp³-hybridized carbons (Fsp3) is 0.346. The van der Waals surface area contributed by atoms with Gasteiger partial charge < -0.3 is 29.9 Å². The minimum atomic E-state index is -1.17. The van der Waals surface area contributed by atoms with E-state index in [1.54, 1.807) is 6.07 Å². The molecule has 0 saturated carbocycles. The number of carbonyl (C=O) groups is 3. The molecule has 3 rings (SSSR count). The van der Waals surface area contributed by atoms with Gasteiger partial charge >= 0.3 is 0 Å². The first kappa shape index (κ1) is 27.6. The van der Waals surface area contributed by atoms with E-state index in [0.29, 0.717) is 32.5 Å². The van der Waals surface area contributed by atoms with Crippen LogP contribution in [0.3, 0.4) is 0 Å². The first-order valence-electron chi connectivity index (χ1n) is 11.4. The maximum absolute atomic E-state index is 12.8. The summed E-state index contributed by atoms with van der Waals surface area (Å²) in [6, 6.07) is 11.7. The molecule has 0 aliphatic heterocycles. The summed E-state index contributed by atoms with van der Waals surface area (Å²) in [5.74, 6) is -0.0835. The Morgan fingerprint density at radius 3 is 2.58 bits per heavy atom. The molecule has 2 aromatic rings. The maximum Gasteiger partial charge on any atom is 0.247 e. The predicted octanol–water partition coefficient (Wildman–Crippen LogP) is 2.08. The third-order valence-corrected chi connectivity index (χ3v) is 6.66. The van der Waals surface area contributed by atoms with Gasteiger partial charge in [-0.1, -0.05) is 30.3 Å². The monoisotopic (exact) mass is 608 g/mol. The third kappa shape index (κ3) is 6.62. The number of halogens is 1. The van der Waals surface area contributed by atoms with Crippen LogP contribution < -0.4 is 14.8 Å². The average Bonchev–Trinajstić information content (AvgIpc) is 2.88. The Kier molecular flexibility index (Phi) is 9.85. The molecule has 2 aromatic carbocycles. The molecule has 1 aliphatic carbocycles. The van der Waals surface area contributed by atoms with Crippen LogP contribution in [0.1, 0.15) is 29.3 Å². The number of ether oxygens (including phenoxy) is 2. The minimum absolute atomic E-state index is 0.0637. The van der Waals surface area contributed by atoms with Gasteiger partial charge in [0.2, 0.25) is 11.8 Å². The Balaban J connectivity index is 1.99. The fourth-order valence-corrected chi connectivity index (χ4v) is 4.83. The molecule has 3 N–H and O–H groups in total. The van der Waals surface area contributed by atoms with Crippen molar-refractivity contribution in [2.45, 2.75) is 38.1 Å². The molecular formula is C26H29IN2O7. The lowest BCUT2D eigenvalue weighted by atomic mass is 9.88. The van der Waals surface area contributed by atoms with E-state index in [2.05, 4.69) is 5.32 Å². The highest BCUT2D eigenvalue weighted by Gasteiger charge is 2.40. The second-order valence-corrected chi connectivity index (χ2v) is 9.46. The summed E-state index contributed by atoms with van der Waals surface area (Å²) in [5, 5.41) is 23.1. The third-order valence-electron chi connectivity index (χ3n) is 5.86. The Morgan fingerprint density at radius 2 is 1.97 bits per heavy atom. The summed E-state index contributed by atoms with van der Waals surface area (Å²) in [5.41, 5.74) is 1.59. The van der Waals surface area contributed by atoms with E-state index in [1.165, 1.54) is 31.1 Å². The number of rotatable bonds is 10. The lowest BCUT2D eigenvalue weighted by molar-refractivity contribution is -0.137. The zero-order chi connectivity index (χ0) is 26.2. The van der Waals surface area contributed by atoms with Gasteiger partial charge in [-0.05, 0) is 46.4 Å². The van der Waals surface area contributed by atoms with Gasteiger partial charge in [0, 0.05) is 37.6 Å². The molecule has 0 radical (unpaired) electrons. The molecule has 10 heteroatoms. The number of methoxy groups -OCH3 is 1. The van der Waals surface area contributed by atoms with Crippen molar-refractivity contribution in [2.75, 3.05) is 20.3 Å². The summed E-state index contributed by atoms with van der Waals surface area (Å²) in [4.78, 5) is 38.3. The smallest absolute Gasteiger partial charge is 0.247 e. The van der Waals surface area contributed by atoms with Crippen LogP contribution in [-0.2, 0) is 16.1 Å². The molecule has 0 unspecified atom stereocenters. The van der Waals surface area contributed by atoms with Crippen molar-refractivity contribution in [3.63, 3.8) is 0 Å². The second-order valence-electron chi connectivity index (χ2n) is 8.30. The standard InChI is InChI=1S/C26H29IN2O7/c1-16(32)29(14-17-6-4-3-5-7-17)21-12-19(26(34)28-8-9-30)13-22(24(21)33)36-25-20(27)10-18(15-31)11-23(25)35-2/h3-7,10-11,13,15,21-22,24,30,33H,8-9,12,14H2,1-2H3,(H,28,34)/t21-,22+,24+/m1/s1. The molecule has 0 saturated heterocycles. The highest BCUT2D eigenvalue weighted by Crippen LogP contribution is 2.37. The van der Waals surface area contributed by atoms with Crippen LogP contribution in [0.2, 0.25) is 0 Å². The van der Waals surface area contributed by atoms with E-state index >= 15 is 0 Å². The van der Waals surface area contributed by atoms with Gasteiger partial charge in [-0.3, -0.25) is 14.4 Å². The van der Waals surface area contributed by atoms with Crippen molar-refractivity contribution >= 4 is 40.7 Å². The number of carbonyl (C=O) groups excluding carboxylic acids is 3. The van der Waals surface area contributed by atoms with Gasteiger partial charge in [0.15, 0.2) is 11.5 Å². The molecule has 0 bridgehead atoms. The molecule has 3 atom stereocenters. The quantitative estimate of drug-likeness (QED) is 0.279. The van der Waals surface area contributed by atoms with E-state index in [9.17, 15) is 19.5 Å². The molecule has 36 heavy (non-hydrogen) atoms. The molecule has 9 nitrogen and oxygen atoms in total. The van der Waals surface area contributed by atoms with Gasteiger partial charge in [0.25, 0.3) is 0 Å². The van der Waals surface area contributed by atoms with Crippen LogP contribution in [0.25, 0.3) is 0 Å². The maximum atomic E-state index is 12.8.